The first-order valence-electron chi connectivity index (χ1n) is 8.01. The van der Waals surface area contributed by atoms with Crippen molar-refractivity contribution in [2.45, 2.75) is 13.5 Å². The lowest BCUT2D eigenvalue weighted by atomic mass is 10.2. The minimum atomic E-state index is -0.553. The van der Waals surface area contributed by atoms with E-state index in [1.807, 2.05) is 37.3 Å². The average molecular weight is 350 g/mol. The van der Waals surface area contributed by atoms with Gasteiger partial charge in [-0.25, -0.2) is 4.68 Å². The number of carbonyl (C=O) groups excluding carboxylic acids is 1. The van der Waals surface area contributed by atoms with Crippen molar-refractivity contribution in [1.29, 1.82) is 0 Å². The summed E-state index contributed by atoms with van der Waals surface area (Å²) >= 11 is 0. The van der Waals surface area contributed by atoms with Crippen molar-refractivity contribution >= 4 is 5.91 Å². The fourth-order valence-corrected chi connectivity index (χ4v) is 2.38. The van der Waals surface area contributed by atoms with E-state index in [1.54, 1.807) is 18.5 Å². The predicted octanol–water partition coefficient (Wildman–Crippen LogP) is 1.87. The van der Waals surface area contributed by atoms with Gasteiger partial charge in [0.25, 0.3) is 5.91 Å². The van der Waals surface area contributed by atoms with E-state index in [2.05, 4.69) is 15.4 Å². The third-order valence-electron chi connectivity index (χ3n) is 3.78. The number of aryl methyl sites for hydroxylation is 1. The molecule has 1 amide bonds. The molecular formula is C19H18N4O3. The number of rotatable bonds is 5. The number of benzene rings is 1. The molecule has 0 aliphatic carbocycles. The highest BCUT2D eigenvalue weighted by Crippen LogP contribution is 2.15. The highest BCUT2D eigenvalue weighted by molar-refractivity contribution is 5.92. The number of hydrogen-bond acceptors (Lipinski definition) is 5. The van der Waals surface area contributed by atoms with Crippen molar-refractivity contribution in [1.82, 2.24) is 20.1 Å². The Labute approximate surface area is 150 Å². The van der Waals surface area contributed by atoms with Crippen molar-refractivity contribution in [3.63, 3.8) is 0 Å². The summed E-state index contributed by atoms with van der Waals surface area (Å²) in [5.41, 5.74) is 1.90. The van der Waals surface area contributed by atoms with Crippen LogP contribution in [0.3, 0.4) is 0 Å². The van der Waals surface area contributed by atoms with Gasteiger partial charge in [-0.1, -0.05) is 23.8 Å². The average Bonchev–Trinajstić information content (AvgIpc) is 2.67. The molecule has 2 heterocycles. The molecule has 0 unspecified atom stereocenters. The van der Waals surface area contributed by atoms with Gasteiger partial charge in [-0.15, -0.1) is 0 Å². The van der Waals surface area contributed by atoms with Crippen LogP contribution < -0.4 is 15.5 Å². The molecule has 26 heavy (non-hydrogen) atoms. The smallest absolute Gasteiger partial charge is 0.276 e. The number of hydrogen-bond donors (Lipinski definition) is 1. The first kappa shape index (κ1) is 17.3. The quantitative estimate of drug-likeness (QED) is 0.759. The van der Waals surface area contributed by atoms with E-state index in [-0.39, 0.29) is 18.1 Å². The third-order valence-corrected chi connectivity index (χ3v) is 3.78. The van der Waals surface area contributed by atoms with E-state index in [4.69, 9.17) is 4.74 Å². The van der Waals surface area contributed by atoms with Crippen molar-refractivity contribution < 1.29 is 9.53 Å². The zero-order valence-electron chi connectivity index (χ0n) is 14.5. The normalized spacial score (nSPS) is 10.4. The van der Waals surface area contributed by atoms with Gasteiger partial charge in [-0.3, -0.25) is 14.6 Å². The molecule has 0 saturated heterocycles. The van der Waals surface area contributed by atoms with Crippen molar-refractivity contribution in [2.24, 2.45) is 0 Å². The number of pyridine rings is 1. The molecule has 3 aromatic rings. The zero-order chi connectivity index (χ0) is 18.5. The first-order valence-corrected chi connectivity index (χ1v) is 8.01. The van der Waals surface area contributed by atoms with Crippen molar-refractivity contribution in [3.05, 3.63) is 81.9 Å². The highest BCUT2D eigenvalue weighted by atomic mass is 16.5. The summed E-state index contributed by atoms with van der Waals surface area (Å²) in [4.78, 5) is 28.7. The monoisotopic (exact) mass is 350 g/mol. The number of nitrogens with zero attached hydrogens (tertiary/aromatic N) is 3. The van der Waals surface area contributed by atoms with Gasteiger partial charge in [0.15, 0.2) is 5.69 Å². The van der Waals surface area contributed by atoms with Crippen molar-refractivity contribution in [2.75, 3.05) is 7.11 Å². The molecule has 2 aromatic heterocycles. The topological polar surface area (TPSA) is 86.1 Å². The Hall–Kier alpha value is -3.48. The fraction of sp³-hybridized carbons (Fsp3) is 0.158. The van der Waals surface area contributed by atoms with Gasteiger partial charge in [0, 0.05) is 18.9 Å². The fourth-order valence-electron chi connectivity index (χ4n) is 2.38. The summed E-state index contributed by atoms with van der Waals surface area (Å²) in [5.74, 6) is -0.301. The number of carbonyl (C=O) groups is 1. The first-order chi connectivity index (χ1) is 12.6. The number of aromatic nitrogens is 3. The largest absolute Gasteiger partial charge is 0.481 e. The lowest BCUT2D eigenvalue weighted by Gasteiger charge is -2.12. The molecule has 0 bridgehead atoms. The maximum Gasteiger partial charge on any atom is 0.276 e. The second kappa shape index (κ2) is 7.60. The van der Waals surface area contributed by atoms with Gasteiger partial charge in [0.05, 0.1) is 18.9 Å². The second-order valence-electron chi connectivity index (χ2n) is 5.69. The molecular weight excluding hydrogens is 332 g/mol. The van der Waals surface area contributed by atoms with Gasteiger partial charge in [0.1, 0.15) is 0 Å². The molecule has 7 nitrogen and oxygen atoms in total. The molecule has 0 fully saturated rings. The number of amides is 1. The summed E-state index contributed by atoms with van der Waals surface area (Å²) in [6.07, 6.45) is 3.29. The summed E-state index contributed by atoms with van der Waals surface area (Å²) in [7, 11) is 1.45. The van der Waals surface area contributed by atoms with Crippen LogP contribution in [0.15, 0.2) is 59.7 Å². The van der Waals surface area contributed by atoms with Gasteiger partial charge < -0.3 is 10.1 Å². The SMILES string of the molecule is COc1cc(=O)c(C(=O)NCc2cccnc2)nn1-c1ccc(C)cc1. The van der Waals surface area contributed by atoms with Crippen LogP contribution in [0.4, 0.5) is 0 Å². The Kier molecular flexibility index (Phi) is 5.07. The highest BCUT2D eigenvalue weighted by Gasteiger charge is 2.17. The van der Waals surface area contributed by atoms with Crippen LogP contribution in [0.2, 0.25) is 0 Å². The number of methoxy groups -OCH3 is 1. The molecule has 132 valence electrons. The third kappa shape index (κ3) is 3.77. The lowest BCUT2D eigenvalue weighted by molar-refractivity contribution is 0.0942. The van der Waals surface area contributed by atoms with Gasteiger partial charge >= 0.3 is 0 Å². The minimum Gasteiger partial charge on any atom is -0.481 e. The van der Waals surface area contributed by atoms with Crippen molar-refractivity contribution in [3.8, 4) is 11.6 Å². The molecule has 0 radical (unpaired) electrons. The van der Waals surface area contributed by atoms with E-state index >= 15 is 0 Å². The van der Waals surface area contributed by atoms with Crippen LogP contribution in [-0.4, -0.2) is 27.8 Å². The molecule has 1 N–H and O–H groups in total. The van der Waals surface area contributed by atoms with Gasteiger partial charge in [0.2, 0.25) is 11.3 Å². The molecule has 3 rings (SSSR count). The predicted molar refractivity (Wildman–Crippen MR) is 96.5 cm³/mol. The summed E-state index contributed by atoms with van der Waals surface area (Å²) in [6.45, 7) is 2.22. The van der Waals surface area contributed by atoms with Gasteiger partial charge in [-0.2, -0.15) is 5.10 Å². The van der Waals surface area contributed by atoms with Crippen LogP contribution >= 0.6 is 0 Å². The molecule has 0 spiro atoms. The Bertz CT molecular complexity index is 966. The van der Waals surface area contributed by atoms with E-state index in [0.717, 1.165) is 11.1 Å². The lowest BCUT2D eigenvalue weighted by Crippen LogP contribution is -2.31. The van der Waals surface area contributed by atoms with Crippen LogP contribution in [-0.2, 0) is 6.54 Å². The molecule has 7 heteroatoms. The molecule has 1 aromatic carbocycles. The summed E-state index contributed by atoms with van der Waals surface area (Å²) in [5, 5.41) is 6.89. The minimum absolute atomic E-state index is 0.199. The molecule has 0 aliphatic rings. The molecule has 0 saturated carbocycles. The Balaban J connectivity index is 1.91. The Morgan fingerprint density at radius 1 is 1.23 bits per heavy atom. The van der Waals surface area contributed by atoms with Gasteiger partial charge in [-0.05, 0) is 30.7 Å². The maximum absolute atomic E-state index is 12.4. The Morgan fingerprint density at radius 3 is 2.65 bits per heavy atom. The number of ether oxygens (including phenoxy) is 1. The van der Waals surface area contributed by atoms with E-state index in [0.29, 0.717) is 5.69 Å². The van der Waals surface area contributed by atoms with Crippen LogP contribution in [0.25, 0.3) is 5.69 Å². The molecule has 0 atom stereocenters. The summed E-state index contributed by atoms with van der Waals surface area (Å²) in [6, 6.07) is 12.4. The Morgan fingerprint density at radius 2 is 2.00 bits per heavy atom. The number of nitrogens with one attached hydrogen (secondary N) is 1. The van der Waals surface area contributed by atoms with E-state index in [1.165, 1.54) is 17.9 Å². The zero-order valence-corrected chi connectivity index (χ0v) is 14.5. The maximum atomic E-state index is 12.4. The second-order valence-corrected chi connectivity index (χ2v) is 5.69. The van der Waals surface area contributed by atoms with Crippen LogP contribution in [0.5, 0.6) is 5.88 Å². The van der Waals surface area contributed by atoms with E-state index in [9.17, 15) is 9.59 Å². The molecule has 0 aliphatic heterocycles. The van der Waals surface area contributed by atoms with Crippen LogP contribution in [0.1, 0.15) is 21.6 Å². The van der Waals surface area contributed by atoms with Crippen LogP contribution in [0, 0.1) is 6.92 Å². The summed E-state index contributed by atoms with van der Waals surface area (Å²) < 4.78 is 6.67. The standard InChI is InChI=1S/C19H18N4O3/c1-13-5-7-15(8-6-13)23-17(26-2)10-16(24)18(22-23)19(25)21-12-14-4-3-9-20-11-14/h3-11H,12H2,1-2H3,(H,21,25). The van der Waals surface area contributed by atoms with E-state index < -0.39 is 11.3 Å².